The average molecular weight is 429 g/mol. The molecule has 5 unspecified atom stereocenters. The molecule has 5 atom stereocenters. The fraction of sp³-hybridized carbons (Fsp3) is 0.708. The van der Waals surface area contributed by atoms with Crippen LogP contribution in [0.15, 0.2) is 18.2 Å². The van der Waals surface area contributed by atoms with Crippen LogP contribution in [0.1, 0.15) is 70.3 Å². The van der Waals surface area contributed by atoms with Gasteiger partial charge in [0.25, 0.3) is 0 Å². The summed E-state index contributed by atoms with van der Waals surface area (Å²) in [6.07, 6.45) is 2.80. The van der Waals surface area contributed by atoms with Crippen molar-refractivity contribution in [1.29, 1.82) is 0 Å². The maximum atomic E-state index is 12.7. The number of ether oxygens (including phenoxy) is 2. The van der Waals surface area contributed by atoms with Crippen molar-refractivity contribution in [2.45, 2.75) is 84.1 Å². The van der Waals surface area contributed by atoms with E-state index in [1.165, 1.54) is 6.42 Å². The van der Waals surface area contributed by atoms with Crippen LogP contribution in [0.5, 0.6) is 5.75 Å². The standard InChI is InChI=1S/C24H36BNO5/c1-22(2,3)29-21(27)16-10-8-9-14(20(16)28-7)11-19(26)25-30-18-13-15-12-17(23(15,4)5)24(18,6)31-25/h8-10,15,17-19H,11-13,26H2,1-7H3. The Kier molecular flexibility index (Phi) is 5.47. The van der Waals surface area contributed by atoms with Crippen LogP contribution in [-0.2, 0) is 20.5 Å². The number of para-hydroxylation sites is 1. The number of carbonyl (C=O) groups excluding carboxylic acids is 1. The Morgan fingerprint density at radius 1 is 1.29 bits per heavy atom. The van der Waals surface area contributed by atoms with Gasteiger partial charge in [0.15, 0.2) is 0 Å². The van der Waals surface area contributed by atoms with Gasteiger partial charge in [0.1, 0.15) is 16.9 Å². The summed E-state index contributed by atoms with van der Waals surface area (Å²) in [5, 5.41) is 0. The Labute approximate surface area is 186 Å². The second-order valence-corrected chi connectivity index (χ2v) is 11.2. The van der Waals surface area contributed by atoms with Crippen molar-refractivity contribution in [2.24, 2.45) is 23.0 Å². The first-order valence-corrected chi connectivity index (χ1v) is 11.3. The Bertz CT molecular complexity index is 866. The highest BCUT2D eigenvalue weighted by molar-refractivity contribution is 6.47. The van der Waals surface area contributed by atoms with Gasteiger partial charge in [-0.15, -0.1) is 0 Å². The van der Waals surface area contributed by atoms with Crippen molar-refractivity contribution < 1.29 is 23.6 Å². The summed E-state index contributed by atoms with van der Waals surface area (Å²) in [6, 6.07) is 5.48. The second-order valence-electron chi connectivity index (χ2n) is 11.2. The molecule has 4 aliphatic rings. The molecule has 1 saturated heterocycles. The molecule has 170 valence electrons. The molecule has 2 bridgehead atoms. The zero-order chi connectivity index (χ0) is 22.8. The average Bonchev–Trinajstić information content (AvgIpc) is 3.03. The van der Waals surface area contributed by atoms with Crippen molar-refractivity contribution in [1.82, 2.24) is 0 Å². The lowest BCUT2D eigenvalue weighted by Crippen LogP contribution is -2.65. The summed E-state index contributed by atoms with van der Waals surface area (Å²) >= 11 is 0. The van der Waals surface area contributed by atoms with Crippen LogP contribution in [0.4, 0.5) is 0 Å². The quantitative estimate of drug-likeness (QED) is 0.567. The largest absolute Gasteiger partial charge is 0.496 e. The van der Waals surface area contributed by atoms with Gasteiger partial charge in [-0.2, -0.15) is 0 Å². The molecule has 3 aliphatic carbocycles. The number of carbonyl (C=O) groups is 1. The third-order valence-corrected chi connectivity index (χ3v) is 7.69. The SMILES string of the molecule is COc1c(CC(N)B2OC3CC4CC(C4(C)C)C3(C)O2)cccc1C(=O)OC(C)(C)C. The lowest BCUT2D eigenvalue weighted by atomic mass is 9.43. The van der Waals surface area contributed by atoms with Crippen LogP contribution < -0.4 is 10.5 Å². The van der Waals surface area contributed by atoms with E-state index in [0.717, 1.165) is 12.0 Å². The fourth-order valence-electron chi connectivity index (χ4n) is 5.91. The van der Waals surface area contributed by atoms with Crippen molar-refractivity contribution in [2.75, 3.05) is 7.11 Å². The molecule has 3 saturated carbocycles. The lowest BCUT2D eigenvalue weighted by molar-refractivity contribution is -0.199. The minimum Gasteiger partial charge on any atom is -0.496 e. The lowest BCUT2D eigenvalue weighted by Gasteiger charge is -2.64. The number of hydrogen-bond acceptors (Lipinski definition) is 6. The predicted octanol–water partition coefficient (Wildman–Crippen LogP) is 3.79. The van der Waals surface area contributed by atoms with Crippen LogP contribution >= 0.6 is 0 Å². The zero-order valence-electron chi connectivity index (χ0n) is 19.9. The number of esters is 1. The molecule has 0 spiro atoms. The maximum Gasteiger partial charge on any atom is 0.475 e. The molecule has 1 aliphatic heterocycles. The van der Waals surface area contributed by atoms with E-state index in [9.17, 15) is 4.79 Å². The predicted molar refractivity (Wildman–Crippen MR) is 120 cm³/mol. The van der Waals surface area contributed by atoms with Crippen LogP contribution in [-0.4, -0.2) is 43.4 Å². The summed E-state index contributed by atoms with van der Waals surface area (Å²) < 4.78 is 24.0. The summed E-state index contributed by atoms with van der Waals surface area (Å²) in [5.74, 6) is 0.905. The summed E-state index contributed by atoms with van der Waals surface area (Å²) in [7, 11) is 1.09. The number of hydrogen-bond donors (Lipinski definition) is 1. The molecule has 0 radical (unpaired) electrons. The first-order chi connectivity index (χ1) is 14.4. The van der Waals surface area contributed by atoms with Crippen LogP contribution in [0, 0.1) is 17.3 Å². The highest BCUT2D eigenvalue weighted by Gasteiger charge is 2.68. The number of nitrogens with two attached hydrogens (primary N) is 1. The first kappa shape index (κ1) is 22.6. The fourth-order valence-corrected chi connectivity index (χ4v) is 5.91. The van der Waals surface area contributed by atoms with Gasteiger partial charge in [-0.25, -0.2) is 4.79 Å². The molecule has 1 aromatic carbocycles. The van der Waals surface area contributed by atoms with E-state index in [0.29, 0.717) is 35.0 Å². The van der Waals surface area contributed by atoms with Crippen LogP contribution in [0.25, 0.3) is 0 Å². The van der Waals surface area contributed by atoms with Crippen LogP contribution in [0.3, 0.4) is 0 Å². The summed E-state index contributed by atoms with van der Waals surface area (Å²) in [4.78, 5) is 12.7. The molecule has 31 heavy (non-hydrogen) atoms. The molecule has 1 aromatic rings. The topological polar surface area (TPSA) is 80.0 Å². The Balaban J connectivity index is 1.50. The molecule has 2 N–H and O–H groups in total. The van der Waals surface area contributed by atoms with Gasteiger partial charge in [0.2, 0.25) is 0 Å². The number of methoxy groups -OCH3 is 1. The zero-order valence-corrected chi connectivity index (χ0v) is 19.9. The van der Waals surface area contributed by atoms with Gasteiger partial charge in [0.05, 0.1) is 18.8 Å². The van der Waals surface area contributed by atoms with E-state index in [2.05, 4.69) is 20.8 Å². The third kappa shape index (κ3) is 3.79. The minimum absolute atomic E-state index is 0.0929. The number of rotatable bonds is 5. The first-order valence-electron chi connectivity index (χ1n) is 11.3. The molecular weight excluding hydrogens is 393 g/mol. The van der Waals surface area contributed by atoms with Gasteiger partial charge in [-0.05, 0) is 75.8 Å². The molecule has 4 fully saturated rings. The highest BCUT2D eigenvalue weighted by Crippen LogP contribution is 2.65. The molecular formula is C24H36BNO5. The van der Waals surface area contributed by atoms with E-state index in [1.807, 2.05) is 32.9 Å². The van der Waals surface area contributed by atoms with Crippen molar-refractivity contribution in [3.8, 4) is 5.75 Å². The normalized spacial score (nSPS) is 32.1. The summed E-state index contributed by atoms with van der Waals surface area (Å²) in [5.41, 5.74) is 7.24. The smallest absolute Gasteiger partial charge is 0.475 e. The Morgan fingerprint density at radius 2 is 2.00 bits per heavy atom. The molecule has 6 nitrogen and oxygen atoms in total. The minimum atomic E-state index is -0.583. The molecule has 0 amide bonds. The maximum absolute atomic E-state index is 12.7. The van der Waals surface area contributed by atoms with Gasteiger partial charge in [0, 0.05) is 5.94 Å². The Morgan fingerprint density at radius 3 is 2.61 bits per heavy atom. The van der Waals surface area contributed by atoms with Gasteiger partial charge < -0.3 is 24.5 Å². The number of benzene rings is 1. The van der Waals surface area contributed by atoms with E-state index in [1.54, 1.807) is 13.2 Å². The van der Waals surface area contributed by atoms with E-state index in [-0.39, 0.29) is 17.6 Å². The molecule has 5 rings (SSSR count). The Hall–Kier alpha value is -1.57. The highest BCUT2D eigenvalue weighted by atomic mass is 16.7. The second kappa shape index (κ2) is 7.50. The molecule has 0 aromatic heterocycles. The van der Waals surface area contributed by atoms with Crippen LogP contribution in [0.2, 0.25) is 0 Å². The van der Waals surface area contributed by atoms with Crippen molar-refractivity contribution in [3.63, 3.8) is 0 Å². The van der Waals surface area contributed by atoms with Gasteiger partial charge >= 0.3 is 13.1 Å². The van der Waals surface area contributed by atoms with E-state index >= 15 is 0 Å². The summed E-state index contributed by atoms with van der Waals surface area (Å²) in [6.45, 7) is 12.4. The molecule has 7 heteroatoms. The molecule has 1 heterocycles. The third-order valence-electron chi connectivity index (χ3n) is 7.69. The monoisotopic (exact) mass is 429 g/mol. The van der Waals surface area contributed by atoms with Gasteiger partial charge in [-0.1, -0.05) is 26.0 Å². The van der Waals surface area contributed by atoms with E-state index < -0.39 is 18.7 Å². The van der Waals surface area contributed by atoms with Gasteiger partial charge in [-0.3, -0.25) is 0 Å². The van der Waals surface area contributed by atoms with Crippen molar-refractivity contribution >= 4 is 13.1 Å². The van der Waals surface area contributed by atoms with E-state index in [4.69, 9.17) is 24.5 Å². The van der Waals surface area contributed by atoms with Crippen molar-refractivity contribution in [3.05, 3.63) is 29.3 Å².